The smallest absolute Gasteiger partial charge is 0.312 e. The number of carbonyl (C=O) groups is 8. The second-order valence-corrected chi connectivity index (χ2v) is 18.1. The number of nitrogens with one attached hydrogen (secondary N) is 5. The zero-order valence-corrected chi connectivity index (χ0v) is 39.5. The monoisotopic (exact) mass is 920 g/mol. The molecule has 0 saturated carbocycles. The number of esters is 1. The summed E-state index contributed by atoms with van der Waals surface area (Å²) in [6.45, 7) is 17.3. The number of ether oxygens (including phenoxy) is 5. The van der Waals surface area contributed by atoms with Crippen LogP contribution in [0, 0.1) is 22.7 Å². The maximum atomic E-state index is 13.5. The van der Waals surface area contributed by atoms with Crippen molar-refractivity contribution in [2.45, 2.75) is 106 Å². The van der Waals surface area contributed by atoms with E-state index >= 15 is 0 Å². The summed E-state index contributed by atoms with van der Waals surface area (Å²) in [5.74, 6) is -3.25. The van der Waals surface area contributed by atoms with Crippen LogP contribution in [-0.2, 0) is 63.9 Å². The second kappa shape index (κ2) is 28.7. The number of nitrogens with zero attached hydrogens (tertiary/aromatic N) is 1. The van der Waals surface area contributed by atoms with Gasteiger partial charge in [-0.05, 0) is 62.6 Å². The molecule has 1 aliphatic heterocycles. The molecule has 7 N–H and O–H groups in total. The van der Waals surface area contributed by atoms with Crippen molar-refractivity contribution in [1.82, 2.24) is 26.2 Å². The summed E-state index contributed by atoms with van der Waals surface area (Å²) in [6.07, 6.45) is 0.671. The molecule has 0 aliphatic carbocycles. The van der Waals surface area contributed by atoms with Crippen LogP contribution in [-0.4, -0.2) is 137 Å². The molecule has 1 aromatic carbocycles. The van der Waals surface area contributed by atoms with E-state index in [9.17, 15) is 38.4 Å². The fourth-order valence-electron chi connectivity index (χ4n) is 6.19. The van der Waals surface area contributed by atoms with Gasteiger partial charge in [-0.1, -0.05) is 46.8 Å². The number of hydrogen-bond donors (Lipinski definition) is 6. The minimum Gasteiger partial charge on any atom is -0.460 e. The average Bonchev–Trinajstić information content (AvgIpc) is 3.52. The number of benzene rings is 1. The molecule has 0 bridgehead atoms. The zero-order valence-electron chi connectivity index (χ0n) is 39.5. The minimum absolute atomic E-state index is 0.0178. The normalized spacial score (nSPS) is 15.0. The van der Waals surface area contributed by atoms with Gasteiger partial charge in [-0.3, -0.25) is 38.5 Å². The predicted molar refractivity (Wildman–Crippen MR) is 240 cm³/mol. The number of nitrogens with two attached hydrogens (primary N) is 1. The van der Waals surface area contributed by atoms with E-state index < -0.39 is 41.3 Å². The van der Waals surface area contributed by atoms with E-state index in [1.807, 2.05) is 20.8 Å². The predicted octanol–water partition coefficient (Wildman–Crippen LogP) is 2.17. The molecule has 1 saturated heterocycles. The zero-order chi connectivity index (χ0) is 48.6. The van der Waals surface area contributed by atoms with Crippen LogP contribution < -0.4 is 32.3 Å². The summed E-state index contributed by atoms with van der Waals surface area (Å²) in [5.41, 5.74) is 5.38. The third-order valence-electron chi connectivity index (χ3n) is 10.1. The van der Waals surface area contributed by atoms with Crippen LogP contribution in [0.1, 0.15) is 93.1 Å². The highest BCUT2D eigenvalue weighted by Gasteiger charge is 2.44. The molecule has 366 valence electrons. The number of anilines is 1. The lowest BCUT2D eigenvalue weighted by Gasteiger charge is -2.25. The summed E-state index contributed by atoms with van der Waals surface area (Å²) in [4.78, 5) is 101. The van der Waals surface area contributed by atoms with Gasteiger partial charge in [-0.15, -0.1) is 0 Å². The van der Waals surface area contributed by atoms with Gasteiger partial charge in [0.2, 0.25) is 35.4 Å². The third kappa shape index (κ3) is 22.5. The molecule has 65 heavy (non-hydrogen) atoms. The van der Waals surface area contributed by atoms with Crippen molar-refractivity contribution in [3.8, 4) is 0 Å². The van der Waals surface area contributed by atoms with E-state index in [1.54, 1.807) is 58.9 Å². The van der Waals surface area contributed by atoms with E-state index in [2.05, 4.69) is 26.6 Å². The molecular weight excluding hydrogens is 847 g/mol. The van der Waals surface area contributed by atoms with E-state index in [1.165, 1.54) is 4.90 Å². The molecule has 0 spiro atoms. The molecule has 3 atom stereocenters. The molecule has 20 heteroatoms. The Morgan fingerprint density at radius 3 is 1.86 bits per heavy atom. The molecule has 1 fully saturated rings. The molecular formula is C45H73N7O13. The van der Waals surface area contributed by atoms with Gasteiger partial charge < -0.3 is 56.0 Å². The lowest BCUT2D eigenvalue weighted by molar-refractivity contribution is -0.154. The Hall–Kier alpha value is -5.18. The van der Waals surface area contributed by atoms with Crippen LogP contribution in [0.3, 0.4) is 0 Å². The molecule has 1 aromatic rings. The van der Waals surface area contributed by atoms with Crippen LogP contribution in [0.15, 0.2) is 24.3 Å². The Balaban J connectivity index is 1.62. The number of carbonyl (C=O) groups excluding carboxylic acids is 8. The summed E-state index contributed by atoms with van der Waals surface area (Å²) in [5, 5.41) is 13.4. The number of primary amides is 1. The van der Waals surface area contributed by atoms with Crippen molar-refractivity contribution in [3.05, 3.63) is 29.8 Å². The first-order chi connectivity index (χ1) is 30.6. The summed E-state index contributed by atoms with van der Waals surface area (Å²) in [6, 6.07) is 4.04. The number of likely N-dealkylation sites (tertiary alicyclic amines) is 1. The standard InChI is InChI=1S/C45H73N7O13/c1-30(2)38(40(57)50-34(10-9-17-48-43(46)60)39(56)49-32-13-11-31(12-14-32)29-65-42(59)45(6,7)8)51-36(54)16-20-61-22-24-63-26-27-64-25-23-62-21-18-47-35(53)15-19-52-37(55)28-33(41(52)58)44(3,4)5/h11-14,30,33-34,38H,9-10,15-29H2,1-8H3,(H,47,53)(H,49,56)(H,50,57)(H,51,54)(H3,46,48,60)/t33?,34-,38-/m0/s1. The highest BCUT2D eigenvalue weighted by Crippen LogP contribution is 2.35. The highest BCUT2D eigenvalue weighted by molar-refractivity contribution is 6.04. The SMILES string of the molecule is CC(C)[C@H](NC(=O)CCOCCOCCOCCOCCNC(=O)CCN1C(=O)CC(C(C)(C)C)C1=O)C(=O)N[C@@H](CCCNC(N)=O)C(=O)Nc1ccc(COC(=O)C(C)(C)C)cc1. The van der Waals surface area contributed by atoms with Crippen LogP contribution >= 0.6 is 0 Å². The first-order valence-corrected chi connectivity index (χ1v) is 22.2. The van der Waals surface area contributed by atoms with Gasteiger partial charge in [-0.2, -0.15) is 0 Å². The van der Waals surface area contributed by atoms with Crippen molar-refractivity contribution in [2.24, 2.45) is 28.4 Å². The lowest BCUT2D eigenvalue weighted by atomic mass is 9.80. The van der Waals surface area contributed by atoms with Crippen molar-refractivity contribution in [1.29, 1.82) is 0 Å². The quantitative estimate of drug-likeness (QED) is 0.0368. The number of amides is 8. The lowest BCUT2D eigenvalue weighted by Crippen LogP contribution is -2.54. The maximum absolute atomic E-state index is 13.5. The third-order valence-corrected chi connectivity index (χ3v) is 10.1. The average molecular weight is 920 g/mol. The Kier molecular flexibility index (Phi) is 24.7. The molecule has 0 aromatic heterocycles. The van der Waals surface area contributed by atoms with Crippen molar-refractivity contribution < 1.29 is 62.0 Å². The van der Waals surface area contributed by atoms with Gasteiger partial charge in [0.1, 0.15) is 18.7 Å². The number of hydrogen-bond acceptors (Lipinski definition) is 13. The van der Waals surface area contributed by atoms with E-state index in [4.69, 9.17) is 29.4 Å². The molecule has 1 heterocycles. The van der Waals surface area contributed by atoms with Gasteiger partial charge in [0.05, 0.1) is 64.2 Å². The van der Waals surface area contributed by atoms with Gasteiger partial charge in [-0.25, -0.2) is 4.79 Å². The first-order valence-electron chi connectivity index (χ1n) is 22.2. The van der Waals surface area contributed by atoms with Gasteiger partial charge >= 0.3 is 12.0 Å². The largest absolute Gasteiger partial charge is 0.460 e. The van der Waals surface area contributed by atoms with Crippen LogP contribution in [0.2, 0.25) is 0 Å². The Morgan fingerprint density at radius 1 is 0.738 bits per heavy atom. The molecule has 1 aliphatic rings. The summed E-state index contributed by atoms with van der Waals surface area (Å²) in [7, 11) is 0. The Morgan fingerprint density at radius 2 is 1.32 bits per heavy atom. The van der Waals surface area contributed by atoms with Gasteiger partial charge in [0.15, 0.2) is 0 Å². The number of urea groups is 1. The van der Waals surface area contributed by atoms with Crippen LogP contribution in [0.4, 0.5) is 10.5 Å². The first kappa shape index (κ1) is 56.0. The van der Waals surface area contributed by atoms with Crippen molar-refractivity contribution in [3.63, 3.8) is 0 Å². The van der Waals surface area contributed by atoms with Gasteiger partial charge in [0.25, 0.3) is 0 Å². The van der Waals surface area contributed by atoms with Crippen molar-refractivity contribution >= 4 is 53.1 Å². The fraction of sp³-hybridized carbons (Fsp3) is 0.689. The van der Waals surface area contributed by atoms with Crippen LogP contribution in [0.25, 0.3) is 0 Å². The Bertz CT molecular complexity index is 1710. The van der Waals surface area contributed by atoms with E-state index in [-0.39, 0.29) is 119 Å². The van der Waals surface area contributed by atoms with Crippen molar-refractivity contribution in [2.75, 3.05) is 77.8 Å². The van der Waals surface area contributed by atoms with E-state index in [0.717, 1.165) is 5.56 Å². The number of rotatable bonds is 30. The molecule has 2 rings (SSSR count). The maximum Gasteiger partial charge on any atom is 0.312 e. The number of imide groups is 1. The Labute approximate surface area is 382 Å². The second-order valence-electron chi connectivity index (χ2n) is 18.1. The van der Waals surface area contributed by atoms with Crippen LogP contribution in [0.5, 0.6) is 0 Å². The van der Waals surface area contributed by atoms with E-state index in [0.29, 0.717) is 38.5 Å². The van der Waals surface area contributed by atoms with Gasteiger partial charge in [0, 0.05) is 44.6 Å². The molecule has 20 nitrogen and oxygen atoms in total. The molecule has 8 amide bonds. The molecule has 0 radical (unpaired) electrons. The molecule has 1 unspecified atom stereocenters. The minimum atomic E-state index is -1.01. The topological polar surface area (TPSA) is 272 Å². The fourth-order valence-corrected chi connectivity index (χ4v) is 6.19. The summed E-state index contributed by atoms with van der Waals surface area (Å²) >= 11 is 0. The highest BCUT2D eigenvalue weighted by atomic mass is 16.6. The summed E-state index contributed by atoms with van der Waals surface area (Å²) < 4.78 is 27.3.